The van der Waals surface area contributed by atoms with Gasteiger partial charge in [0.15, 0.2) is 18.5 Å². The van der Waals surface area contributed by atoms with Gasteiger partial charge in [-0.25, -0.2) is 0 Å². The normalized spacial score (nSPS) is 44.3. The lowest BCUT2D eigenvalue weighted by Crippen LogP contribution is -2.73. The maximum atomic E-state index is 14.0. The molecule has 109 heavy (non-hydrogen) atoms. The van der Waals surface area contributed by atoms with E-state index in [0.717, 1.165) is 63.9 Å². The standard InChI is InChI=1S/C75H110N2O32/c1-31-10-7-12-33(65(31)99-4)16-18-44-75(2,3)51-34-13-6-5-11-32(34)15-17-35(51)77(44)21-19-45(85)76-20-9-23-101-73-64(98)66-42(29-83)108-74(73)109-67-43(30-84)107-72(63(97)62(67)96)50-41(28-82)106-71(61(95)57(50)91)49-40(27-81)105-70(60(94)56(49)90)48-39(26-80)104-69(59(93)55(48)89)47-38(25-79)103-68(58(92)54(47)88)46-37(24-78)102-36(14-8-22-100-66)52(86)53(46)87/h5-6,11,13,15-18,36-43,46-50,52-64,66-74,78-84,86-98H,1,7-10,12,14,19-30H2,2-4H3/p+1/b18-16+/t36-,37?,38?,39?,40?,41?,42-,43-,46?,47?,48?,49?,50?,52+,53+,54+,55+,56+,57+,58-,59-,60-,61-,62-,63-,64+,66-,67?,68-,69-,70-,71-,72-,73-,74?/m1/s1. The van der Waals surface area contributed by atoms with Gasteiger partial charge in [-0.3, -0.25) is 4.79 Å². The minimum atomic E-state index is -2.19. The summed E-state index contributed by atoms with van der Waals surface area (Å²) in [5.74, 6) is -7.94. The van der Waals surface area contributed by atoms with E-state index in [9.17, 15) is 107 Å². The zero-order chi connectivity index (χ0) is 78.4. The van der Waals surface area contributed by atoms with E-state index in [4.69, 9.17) is 52.1 Å². The van der Waals surface area contributed by atoms with Crippen molar-refractivity contribution >= 4 is 28.1 Å². The Balaban J connectivity index is 0.797. The summed E-state index contributed by atoms with van der Waals surface area (Å²) in [6, 6.07) is 12.3. The van der Waals surface area contributed by atoms with Crippen molar-refractivity contribution in [2.75, 3.05) is 79.7 Å². The molecule has 1 amide bonds. The fourth-order valence-electron chi connectivity index (χ4n) is 18.9. The van der Waals surface area contributed by atoms with Gasteiger partial charge >= 0.3 is 0 Å². The van der Waals surface area contributed by atoms with Gasteiger partial charge in [0.05, 0.1) is 163 Å². The Hall–Kier alpha value is -4.34. The van der Waals surface area contributed by atoms with Crippen LogP contribution in [0, 0.1) is 29.6 Å². The summed E-state index contributed by atoms with van der Waals surface area (Å²) in [4.78, 5) is 14.0. The van der Waals surface area contributed by atoms with Gasteiger partial charge in [0.1, 0.15) is 85.1 Å². The van der Waals surface area contributed by atoms with Crippen molar-refractivity contribution < 1.29 is 164 Å². The second-order valence-corrected chi connectivity index (χ2v) is 31.1. The van der Waals surface area contributed by atoms with Crippen molar-refractivity contribution in [3.05, 3.63) is 77.6 Å². The van der Waals surface area contributed by atoms with Crippen LogP contribution in [-0.4, -0.2) is 381 Å². The van der Waals surface area contributed by atoms with Crippen molar-refractivity contribution in [2.24, 2.45) is 29.6 Å². The molecule has 19 heterocycles. The largest absolute Gasteiger partial charge is 0.496 e. The Morgan fingerprint density at radius 3 is 1.51 bits per heavy atom. The van der Waals surface area contributed by atoms with Gasteiger partial charge in [-0.05, 0) is 86.4 Å². The first-order chi connectivity index (χ1) is 52.2. The lowest BCUT2D eigenvalue weighted by molar-refractivity contribution is -0.436. The Morgan fingerprint density at radius 2 is 1.00 bits per heavy atom. The molecule has 0 aromatic heterocycles. The average Bonchev–Trinajstić information content (AvgIpc) is 1.40. The summed E-state index contributed by atoms with van der Waals surface area (Å²) in [5, 5.41) is 238. The highest BCUT2D eigenvalue weighted by atomic mass is 16.7. The number of fused-ring (bicyclic) bond motifs is 4. The van der Waals surface area contributed by atoms with Gasteiger partial charge in [-0.1, -0.05) is 30.8 Å². The van der Waals surface area contributed by atoms with Crippen molar-refractivity contribution in [3.8, 4) is 0 Å². The van der Waals surface area contributed by atoms with E-state index >= 15 is 0 Å². The third-order valence-electron chi connectivity index (χ3n) is 24.5. The van der Waals surface area contributed by atoms with Crippen LogP contribution in [0.3, 0.4) is 0 Å². The molecule has 0 spiro atoms. The van der Waals surface area contributed by atoms with Crippen molar-refractivity contribution in [2.45, 2.75) is 248 Å². The van der Waals surface area contributed by atoms with E-state index in [1.807, 2.05) is 12.1 Å². The van der Waals surface area contributed by atoms with Crippen molar-refractivity contribution in [1.82, 2.24) is 5.32 Å². The van der Waals surface area contributed by atoms with Crippen LogP contribution in [0.5, 0.6) is 0 Å². The SMILES string of the molecule is C=C1CCCC(/C=C/C2=[N+](CCC(=O)NCCCO[C@H]3C4OC5[C@@H](CO)O[C@H](C6C(CO)O[C@H](C7C(CO)O[C@H](C8C(CO)O[C@H](C9C(CO)O[C@H](C%10C(CO)O[C@H](CCCO[C@@H]([C@@H]3O)[C@@H](CO)O4)[C@H](O)[C@H]%10O)[C@H](O)[C@H]9O)[C@H](O)[C@H]8O)[C@H](O)[C@H]7O)[C@H](O)[C@H]6O)[C@H](O)[C@H]5O)c3ccc4ccccc4c3C2(C)C)=C1OC. The number of nitrogens with zero attached hydrogens (tertiary/aromatic N) is 1. The smallest absolute Gasteiger partial charge is 0.226 e. The molecule has 0 radical (unpaired) electrons. The predicted octanol–water partition coefficient (Wildman–Crippen LogP) is -6.69. The molecule has 12 unspecified atom stereocenters. The molecule has 18 fully saturated rings. The number of ether oxygens (including phenoxy) is 11. The third kappa shape index (κ3) is 16.0. The van der Waals surface area contributed by atoms with E-state index in [-0.39, 0.29) is 51.3 Å². The Kier molecular flexibility index (Phi) is 27.6. The van der Waals surface area contributed by atoms with Crippen LogP contribution < -0.4 is 5.32 Å². The zero-order valence-corrected chi connectivity index (χ0v) is 61.1. The number of aliphatic hydroxyl groups excluding tert-OH is 20. The van der Waals surface area contributed by atoms with Crippen molar-refractivity contribution in [3.63, 3.8) is 0 Å². The Morgan fingerprint density at radius 1 is 0.532 bits per heavy atom. The number of hydrogen-bond donors (Lipinski definition) is 21. The van der Waals surface area contributed by atoms with Gasteiger partial charge in [0.25, 0.3) is 0 Å². The van der Waals surface area contributed by atoms with E-state index < -0.39 is 265 Å². The molecule has 0 saturated carbocycles. The molecular weight excluding hydrogens is 1440 g/mol. The number of methoxy groups -OCH3 is 1. The molecule has 20 aliphatic rings. The molecule has 35 atom stereocenters. The number of nitrogens with one attached hydrogen (secondary N) is 1. The predicted molar refractivity (Wildman–Crippen MR) is 375 cm³/mol. The molecule has 2 aromatic carbocycles. The second-order valence-electron chi connectivity index (χ2n) is 31.1. The molecule has 34 heteroatoms. The Labute approximate surface area is 629 Å². The van der Waals surface area contributed by atoms with E-state index in [2.05, 4.69) is 66.7 Å². The molecule has 612 valence electrons. The second kappa shape index (κ2) is 35.8. The van der Waals surface area contributed by atoms with E-state index in [1.165, 1.54) is 0 Å². The van der Waals surface area contributed by atoms with Crippen molar-refractivity contribution in [1.29, 1.82) is 0 Å². The topological polar surface area (TPSA) is 538 Å². The first-order valence-corrected chi connectivity index (χ1v) is 37.9. The number of benzene rings is 2. The van der Waals surface area contributed by atoms with E-state index in [0.29, 0.717) is 6.54 Å². The lowest BCUT2D eigenvalue weighted by atomic mass is 9.69. The highest BCUT2D eigenvalue weighted by Crippen LogP contribution is 2.49. The summed E-state index contributed by atoms with van der Waals surface area (Å²) < 4.78 is 70.1. The first kappa shape index (κ1) is 84.1. The third-order valence-corrected chi connectivity index (χ3v) is 24.5. The molecule has 19 aliphatic heterocycles. The molecule has 1 aliphatic carbocycles. The van der Waals surface area contributed by atoms with Gasteiger partial charge < -0.3 is 160 Å². The summed E-state index contributed by atoms with van der Waals surface area (Å²) in [7, 11) is 1.64. The number of carbonyl (C=O) groups excluding carboxylic acids is 1. The number of amides is 1. The number of allylic oxidation sites excluding steroid dienone is 4. The molecule has 34 nitrogen and oxygen atoms in total. The van der Waals surface area contributed by atoms with Crippen LogP contribution in [0.4, 0.5) is 5.69 Å². The summed E-state index contributed by atoms with van der Waals surface area (Å²) in [6.45, 7) is 1.53. The van der Waals surface area contributed by atoms with Gasteiger partial charge in [0.2, 0.25) is 11.6 Å². The minimum Gasteiger partial charge on any atom is -0.496 e. The number of rotatable bonds is 18. The molecular formula is C75H111N2O32+. The maximum absolute atomic E-state index is 14.0. The van der Waals surface area contributed by atoms with E-state index in [1.54, 1.807) is 7.11 Å². The van der Waals surface area contributed by atoms with Gasteiger partial charge in [0, 0.05) is 67.1 Å². The van der Waals surface area contributed by atoms with Crippen LogP contribution in [0.25, 0.3) is 10.8 Å². The molecule has 21 N–H and O–H groups in total. The van der Waals surface area contributed by atoms with Gasteiger partial charge in [-0.15, -0.1) is 0 Å². The lowest BCUT2D eigenvalue weighted by Gasteiger charge is -2.56. The quantitative estimate of drug-likeness (QED) is 0.0487. The fraction of sp³-hybridized carbons (Fsp3) is 0.760. The van der Waals surface area contributed by atoms with Crippen LogP contribution in [0.2, 0.25) is 0 Å². The van der Waals surface area contributed by atoms with Crippen LogP contribution in [0.15, 0.2) is 72.0 Å². The summed E-state index contributed by atoms with van der Waals surface area (Å²) in [6.07, 6.45) is -48.7. The molecule has 2 aromatic rings. The molecule has 18 saturated heterocycles. The highest BCUT2D eigenvalue weighted by molar-refractivity contribution is 6.07. The molecule has 14 bridgehead atoms. The maximum Gasteiger partial charge on any atom is 0.226 e. The monoisotopic (exact) mass is 1550 g/mol. The molecule has 22 rings (SSSR count). The Bertz CT molecular complexity index is 3480. The summed E-state index contributed by atoms with van der Waals surface area (Å²) in [5.41, 5.74) is 4.50. The fourth-order valence-corrected chi connectivity index (χ4v) is 18.9. The zero-order valence-electron chi connectivity index (χ0n) is 61.1. The van der Waals surface area contributed by atoms with Crippen LogP contribution in [0.1, 0.15) is 64.4 Å². The summed E-state index contributed by atoms with van der Waals surface area (Å²) >= 11 is 0. The first-order valence-electron chi connectivity index (χ1n) is 37.9. The van der Waals surface area contributed by atoms with Crippen LogP contribution in [-0.2, 0) is 62.3 Å². The number of hydrogen-bond acceptors (Lipinski definition) is 32. The van der Waals surface area contributed by atoms with Gasteiger partial charge in [-0.2, -0.15) is 4.58 Å². The number of carbonyl (C=O) groups is 1. The highest BCUT2D eigenvalue weighted by Gasteiger charge is 2.65. The van der Waals surface area contributed by atoms with Crippen LogP contribution >= 0.6 is 0 Å². The number of aliphatic hydroxyl groups is 20. The average molecular weight is 1550 g/mol. The minimum absolute atomic E-state index is 0.0308.